The van der Waals surface area contributed by atoms with Gasteiger partial charge in [-0.05, 0) is 10.8 Å². The lowest BCUT2D eigenvalue weighted by Crippen LogP contribution is -2.16. The third-order valence-electron chi connectivity index (χ3n) is 1.44. The summed E-state index contributed by atoms with van der Waals surface area (Å²) in [5, 5.41) is 3.99. The van der Waals surface area contributed by atoms with Crippen molar-refractivity contribution >= 4 is 29.4 Å². The third-order valence-corrected chi connectivity index (χ3v) is 3.65. The number of nitrogens with zero attached hydrogens (tertiary/aromatic N) is 1. The molecule has 2 aliphatic heterocycles. The maximum atomic E-state index is 5.69. The first-order chi connectivity index (χ1) is 5.29. The Morgan fingerprint density at radius 3 is 2.82 bits per heavy atom. The van der Waals surface area contributed by atoms with Crippen molar-refractivity contribution in [1.82, 2.24) is 0 Å². The van der Waals surface area contributed by atoms with E-state index >= 15 is 0 Å². The molecule has 58 valence electrons. The van der Waals surface area contributed by atoms with Gasteiger partial charge in [-0.3, -0.25) is 0 Å². The van der Waals surface area contributed by atoms with Gasteiger partial charge in [0.1, 0.15) is 12.0 Å². The zero-order chi connectivity index (χ0) is 7.84. The molecule has 0 aromatic carbocycles. The molecule has 5 heteroatoms. The Kier molecular flexibility index (Phi) is 1.71. The van der Waals surface area contributed by atoms with Gasteiger partial charge in [0, 0.05) is 4.91 Å². The van der Waals surface area contributed by atoms with Gasteiger partial charge >= 0.3 is 0 Å². The van der Waals surface area contributed by atoms with Crippen molar-refractivity contribution in [2.45, 2.75) is 6.17 Å². The Morgan fingerprint density at radius 2 is 2.09 bits per heavy atom. The van der Waals surface area contributed by atoms with Gasteiger partial charge in [-0.1, -0.05) is 23.5 Å². The fourth-order valence-corrected chi connectivity index (χ4v) is 2.80. The monoisotopic (exact) mass is 185 g/mol. The minimum Gasteiger partial charge on any atom is -0.383 e. The SMILES string of the molecule is NC1=NC(N)C2=C1SC=CS2. The normalized spacial score (nSPS) is 28.8. The average molecular weight is 185 g/mol. The zero-order valence-electron chi connectivity index (χ0n) is 5.65. The van der Waals surface area contributed by atoms with Crippen LogP contribution in [0, 0.1) is 0 Å². The van der Waals surface area contributed by atoms with Crippen LogP contribution in [-0.4, -0.2) is 12.0 Å². The molecular formula is C6H7N3S2. The van der Waals surface area contributed by atoms with Gasteiger partial charge < -0.3 is 11.5 Å². The van der Waals surface area contributed by atoms with Crippen molar-refractivity contribution < 1.29 is 0 Å². The summed E-state index contributed by atoms with van der Waals surface area (Å²) in [6.07, 6.45) is -0.229. The Bertz CT molecular complexity index is 280. The summed E-state index contributed by atoms with van der Waals surface area (Å²) in [6, 6.07) is 0. The molecule has 0 amide bonds. The van der Waals surface area contributed by atoms with Crippen LogP contribution in [0.2, 0.25) is 0 Å². The maximum Gasteiger partial charge on any atom is 0.135 e. The van der Waals surface area contributed by atoms with E-state index in [1.807, 2.05) is 10.8 Å². The summed E-state index contributed by atoms with van der Waals surface area (Å²) in [4.78, 5) is 6.16. The molecule has 0 aromatic heterocycles. The van der Waals surface area contributed by atoms with Gasteiger partial charge in [-0.2, -0.15) is 0 Å². The average Bonchev–Trinajstić information content (AvgIpc) is 2.30. The van der Waals surface area contributed by atoms with Gasteiger partial charge in [0.25, 0.3) is 0 Å². The van der Waals surface area contributed by atoms with Crippen molar-refractivity contribution in [3.05, 3.63) is 20.6 Å². The predicted octanol–water partition coefficient (Wildman–Crippen LogP) is 0.805. The molecule has 0 saturated carbocycles. The molecule has 2 aliphatic rings. The molecule has 1 unspecified atom stereocenters. The minimum absolute atomic E-state index is 0.229. The number of rotatable bonds is 0. The molecule has 0 aromatic rings. The van der Waals surface area contributed by atoms with Crippen LogP contribution in [-0.2, 0) is 0 Å². The van der Waals surface area contributed by atoms with Crippen molar-refractivity contribution in [1.29, 1.82) is 0 Å². The number of hydrogen-bond acceptors (Lipinski definition) is 5. The molecule has 0 bridgehead atoms. The molecule has 2 heterocycles. The van der Waals surface area contributed by atoms with Gasteiger partial charge in [0.15, 0.2) is 0 Å². The van der Waals surface area contributed by atoms with Crippen LogP contribution in [0.1, 0.15) is 0 Å². The Hall–Kier alpha value is -0.390. The minimum atomic E-state index is -0.229. The largest absolute Gasteiger partial charge is 0.383 e. The highest BCUT2D eigenvalue weighted by Gasteiger charge is 2.25. The quantitative estimate of drug-likeness (QED) is 0.586. The van der Waals surface area contributed by atoms with Gasteiger partial charge in [-0.15, -0.1) is 0 Å². The number of nitrogens with two attached hydrogens (primary N) is 2. The van der Waals surface area contributed by atoms with Crippen LogP contribution in [0.15, 0.2) is 25.6 Å². The highest BCUT2D eigenvalue weighted by molar-refractivity contribution is 8.13. The van der Waals surface area contributed by atoms with Crippen LogP contribution in [0.25, 0.3) is 0 Å². The second-order valence-electron chi connectivity index (χ2n) is 2.16. The summed E-state index contributed by atoms with van der Waals surface area (Å²) in [5.41, 5.74) is 11.3. The van der Waals surface area contributed by atoms with E-state index in [1.54, 1.807) is 23.5 Å². The molecule has 0 fully saturated rings. The lowest BCUT2D eigenvalue weighted by atomic mass is 10.5. The second-order valence-corrected chi connectivity index (χ2v) is 4.02. The molecule has 4 N–H and O–H groups in total. The third kappa shape index (κ3) is 1.09. The van der Waals surface area contributed by atoms with E-state index in [4.69, 9.17) is 11.5 Å². The molecular weight excluding hydrogens is 178 g/mol. The summed E-state index contributed by atoms with van der Waals surface area (Å²) in [7, 11) is 0. The molecule has 0 aliphatic carbocycles. The van der Waals surface area contributed by atoms with E-state index in [-0.39, 0.29) is 6.17 Å². The summed E-state index contributed by atoms with van der Waals surface area (Å²) in [6.45, 7) is 0. The number of amidine groups is 1. The fraction of sp³-hybridized carbons (Fsp3) is 0.167. The maximum absolute atomic E-state index is 5.69. The summed E-state index contributed by atoms with van der Waals surface area (Å²) < 4.78 is 0. The van der Waals surface area contributed by atoms with E-state index in [0.29, 0.717) is 5.84 Å². The Balaban J connectivity index is 2.36. The van der Waals surface area contributed by atoms with Crippen LogP contribution in [0.5, 0.6) is 0 Å². The lowest BCUT2D eigenvalue weighted by molar-refractivity contribution is 0.881. The van der Waals surface area contributed by atoms with E-state index < -0.39 is 0 Å². The van der Waals surface area contributed by atoms with Crippen molar-refractivity contribution in [3.63, 3.8) is 0 Å². The van der Waals surface area contributed by atoms with Crippen molar-refractivity contribution in [3.8, 4) is 0 Å². The van der Waals surface area contributed by atoms with Crippen LogP contribution in [0.4, 0.5) is 0 Å². The van der Waals surface area contributed by atoms with Crippen LogP contribution in [0.3, 0.4) is 0 Å². The zero-order valence-corrected chi connectivity index (χ0v) is 7.28. The van der Waals surface area contributed by atoms with E-state index in [0.717, 1.165) is 9.81 Å². The molecule has 3 nitrogen and oxygen atoms in total. The molecule has 2 rings (SSSR count). The standard InChI is InChI=1S/C6H7N3S2/c7-5-3-4(6(8)9-5)11-2-1-10-3/h1-2,5H,7H2,(H2,8,9). The first-order valence-corrected chi connectivity index (χ1v) is 4.86. The smallest absolute Gasteiger partial charge is 0.135 e. The molecule has 0 spiro atoms. The van der Waals surface area contributed by atoms with Crippen LogP contribution >= 0.6 is 23.5 Å². The molecule has 0 radical (unpaired) electrons. The van der Waals surface area contributed by atoms with Gasteiger partial charge in [0.2, 0.25) is 0 Å². The first kappa shape index (κ1) is 7.27. The molecule has 11 heavy (non-hydrogen) atoms. The number of thioether (sulfide) groups is 2. The lowest BCUT2D eigenvalue weighted by Gasteiger charge is -2.08. The van der Waals surface area contributed by atoms with E-state index in [1.165, 1.54) is 0 Å². The molecule has 0 saturated heterocycles. The van der Waals surface area contributed by atoms with Crippen LogP contribution < -0.4 is 11.5 Å². The van der Waals surface area contributed by atoms with Crippen molar-refractivity contribution in [2.24, 2.45) is 16.5 Å². The molecule has 1 atom stereocenters. The van der Waals surface area contributed by atoms with Crippen molar-refractivity contribution in [2.75, 3.05) is 0 Å². The van der Waals surface area contributed by atoms with Gasteiger partial charge in [-0.25, -0.2) is 4.99 Å². The topological polar surface area (TPSA) is 64.4 Å². The summed E-state index contributed by atoms with van der Waals surface area (Å²) in [5.74, 6) is 0.578. The predicted molar refractivity (Wildman–Crippen MR) is 50.9 cm³/mol. The Labute approximate surface area is 73.0 Å². The first-order valence-electron chi connectivity index (χ1n) is 3.11. The Morgan fingerprint density at radius 1 is 1.36 bits per heavy atom. The second kappa shape index (κ2) is 2.58. The van der Waals surface area contributed by atoms with E-state index in [9.17, 15) is 0 Å². The summed E-state index contributed by atoms with van der Waals surface area (Å²) >= 11 is 3.19. The fourth-order valence-electron chi connectivity index (χ4n) is 0.966. The van der Waals surface area contributed by atoms with Gasteiger partial charge in [0.05, 0.1) is 4.91 Å². The van der Waals surface area contributed by atoms with E-state index in [2.05, 4.69) is 4.99 Å². The number of aliphatic imine (C=N–C) groups is 1. The highest BCUT2D eigenvalue weighted by atomic mass is 32.2. The number of hydrogen-bond donors (Lipinski definition) is 2. The highest BCUT2D eigenvalue weighted by Crippen LogP contribution is 2.39.